The van der Waals surface area contributed by atoms with Gasteiger partial charge in [0.25, 0.3) is 0 Å². The average molecular weight is 186 g/mol. The summed E-state index contributed by atoms with van der Waals surface area (Å²) >= 11 is 0. The number of hydrogen-bond acceptors (Lipinski definition) is 4. The van der Waals surface area contributed by atoms with Gasteiger partial charge >= 0.3 is 5.97 Å². The molecule has 6 heteroatoms. The Morgan fingerprint density at radius 2 is 2.23 bits per heavy atom. The van der Waals surface area contributed by atoms with Gasteiger partial charge in [-0.2, -0.15) is 0 Å². The second-order valence-electron chi connectivity index (χ2n) is 2.62. The van der Waals surface area contributed by atoms with Gasteiger partial charge in [0.1, 0.15) is 11.9 Å². The summed E-state index contributed by atoms with van der Waals surface area (Å²) in [4.78, 5) is 14.0. The lowest BCUT2D eigenvalue weighted by Gasteiger charge is -2.13. The van der Waals surface area contributed by atoms with Crippen molar-refractivity contribution in [3.8, 4) is 0 Å². The summed E-state index contributed by atoms with van der Waals surface area (Å²) in [6, 6.07) is 0. The van der Waals surface area contributed by atoms with Crippen LogP contribution in [0.3, 0.4) is 0 Å². The van der Waals surface area contributed by atoms with Gasteiger partial charge in [0.15, 0.2) is 6.10 Å². The van der Waals surface area contributed by atoms with E-state index < -0.39 is 18.2 Å². The van der Waals surface area contributed by atoms with Crippen LogP contribution in [0.1, 0.15) is 11.9 Å². The quantitative estimate of drug-likeness (QED) is 0.556. The van der Waals surface area contributed by atoms with Gasteiger partial charge in [0, 0.05) is 19.4 Å². The van der Waals surface area contributed by atoms with Crippen LogP contribution in [0.4, 0.5) is 0 Å². The van der Waals surface area contributed by atoms with E-state index in [4.69, 9.17) is 10.2 Å². The van der Waals surface area contributed by atoms with Gasteiger partial charge < -0.3 is 19.9 Å². The smallest absolute Gasteiger partial charge is 0.335 e. The third-order valence-corrected chi connectivity index (χ3v) is 1.68. The lowest BCUT2D eigenvalue weighted by Crippen LogP contribution is -2.29. The van der Waals surface area contributed by atoms with E-state index in [1.807, 2.05) is 0 Å². The van der Waals surface area contributed by atoms with E-state index in [0.717, 1.165) is 0 Å². The summed E-state index contributed by atoms with van der Waals surface area (Å²) in [6.45, 7) is 0. The molecule has 0 saturated carbocycles. The highest BCUT2D eigenvalue weighted by atomic mass is 16.4. The van der Waals surface area contributed by atoms with E-state index in [0.29, 0.717) is 0 Å². The molecule has 0 aliphatic rings. The Labute approximate surface area is 74.1 Å². The molecule has 13 heavy (non-hydrogen) atoms. The first-order valence-electron chi connectivity index (χ1n) is 3.60. The lowest BCUT2D eigenvalue weighted by atomic mass is 10.2. The second-order valence-corrected chi connectivity index (χ2v) is 2.62. The maximum absolute atomic E-state index is 10.3. The van der Waals surface area contributed by atoms with Crippen molar-refractivity contribution in [2.75, 3.05) is 0 Å². The monoisotopic (exact) mass is 186 g/mol. The largest absolute Gasteiger partial charge is 0.479 e. The van der Waals surface area contributed by atoms with Gasteiger partial charge in [-0.1, -0.05) is 0 Å². The zero-order chi connectivity index (χ0) is 10.0. The molecule has 0 spiro atoms. The van der Waals surface area contributed by atoms with E-state index in [2.05, 4.69) is 4.98 Å². The third-order valence-electron chi connectivity index (χ3n) is 1.68. The molecule has 0 amide bonds. The molecule has 1 rings (SSSR count). The van der Waals surface area contributed by atoms with Crippen LogP contribution in [0.15, 0.2) is 12.4 Å². The first-order chi connectivity index (χ1) is 6.04. The molecule has 1 aromatic heterocycles. The minimum absolute atomic E-state index is 0.120. The number of aliphatic hydroxyl groups excluding tert-OH is 2. The number of carboxylic acids is 1. The Kier molecular flexibility index (Phi) is 2.64. The number of aliphatic carboxylic acids is 1. The summed E-state index contributed by atoms with van der Waals surface area (Å²) in [7, 11) is 1.60. The SMILES string of the molecule is Cn1ccnc1C(O)C(O)C(=O)O. The van der Waals surface area contributed by atoms with Gasteiger partial charge in [-0.05, 0) is 0 Å². The highest BCUT2D eigenvalue weighted by Gasteiger charge is 2.27. The van der Waals surface area contributed by atoms with Gasteiger partial charge in [0.2, 0.25) is 0 Å². The molecule has 0 fully saturated rings. The molecule has 0 bridgehead atoms. The standard InChI is InChI=1S/C7H10N2O4/c1-9-3-2-8-6(9)4(10)5(11)7(12)13/h2-5,10-11H,1H3,(H,12,13). The molecule has 2 unspecified atom stereocenters. The Bertz CT molecular complexity index is 309. The van der Waals surface area contributed by atoms with Crippen LogP contribution in [-0.4, -0.2) is 36.9 Å². The summed E-state index contributed by atoms with van der Waals surface area (Å²) in [5, 5.41) is 26.7. The topological polar surface area (TPSA) is 95.6 Å². The minimum Gasteiger partial charge on any atom is -0.479 e. The fraction of sp³-hybridized carbons (Fsp3) is 0.429. The molecule has 0 aromatic carbocycles. The van der Waals surface area contributed by atoms with Crippen molar-refractivity contribution < 1.29 is 20.1 Å². The summed E-state index contributed by atoms with van der Waals surface area (Å²) in [6.07, 6.45) is -0.390. The Morgan fingerprint density at radius 1 is 1.62 bits per heavy atom. The minimum atomic E-state index is -1.85. The Morgan fingerprint density at radius 3 is 2.62 bits per heavy atom. The zero-order valence-electron chi connectivity index (χ0n) is 6.95. The van der Waals surface area contributed by atoms with Crippen molar-refractivity contribution in [1.82, 2.24) is 9.55 Å². The number of aliphatic hydroxyl groups is 2. The van der Waals surface area contributed by atoms with Gasteiger partial charge in [-0.3, -0.25) is 0 Å². The van der Waals surface area contributed by atoms with Crippen LogP contribution in [0, 0.1) is 0 Å². The van der Waals surface area contributed by atoms with E-state index >= 15 is 0 Å². The number of aryl methyl sites for hydroxylation is 1. The van der Waals surface area contributed by atoms with E-state index in [-0.39, 0.29) is 5.82 Å². The molecule has 6 nitrogen and oxygen atoms in total. The van der Waals surface area contributed by atoms with Crippen LogP contribution in [0.5, 0.6) is 0 Å². The van der Waals surface area contributed by atoms with Crippen molar-refractivity contribution in [2.45, 2.75) is 12.2 Å². The van der Waals surface area contributed by atoms with Crippen molar-refractivity contribution in [1.29, 1.82) is 0 Å². The Hall–Kier alpha value is -1.40. The van der Waals surface area contributed by atoms with Crippen molar-refractivity contribution in [3.63, 3.8) is 0 Å². The number of carbonyl (C=O) groups is 1. The predicted molar refractivity (Wildman–Crippen MR) is 41.8 cm³/mol. The molecule has 2 atom stereocenters. The highest BCUT2D eigenvalue weighted by molar-refractivity contribution is 5.72. The van der Waals surface area contributed by atoms with E-state index in [1.54, 1.807) is 13.2 Å². The molecule has 1 heterocycles. The first kappa shape index (κ1) is 9.69. The first-order valence-corrected chi connectivity index (χ1v) is 3.60. The predicted octanol–water partition coefficient (Wildman–Crippen LogP) is -1.10. The number of carboxylic acid groups (broad SMARTS) is 1. The number of aromatic nitrogens is 2. The van der Waals surface area contributed by atoms with Crippen molar-refractivity contribution >= 4 is 5.97 Å². The molecular formula is C7H10N2O4. The summed E-state index contributed by atoms with van der Waals surface area (Å²) < 4.78 is 1.44. The van der Waals surface area contributed by atoms with Crippen LogP contribution in [-0.2, 0) is 11.8 Å². The fourth-order valence-electron chi connectivity index (χ4n) is 0.938. The molecule has 0 aliphatic heterocycles. The second kappa shape index (κ2) is 3.55. The maximum atomic E-state index is 10.3. The van der Waals surface area contributed by atoms with Crippen molar-refractivity contribution in [3.05, 3.63) is 18.2 Å². The molecule has 0 saturated heterocycles. The zero-order valence-corrected chi connectivity index (χ0v) is 6.95. The average Bonchev–Trinajstić information content (AvgIpc) is 2.48. The molecule has 0 radical (unpaired) electrons. The van der Waals surface area contributed by atoms with E-state index in [9.17, 15) is 9.90 Å². The lowest BCUT2D eigenvalue weighted by molar-refractivity contribution is -0.153. The number of imidazole rings is 1. The van der Waals surface area contributed by atoms with Gasteiger partial charge in [-0.25, -0.2) is 9.78 Å². The van der Waals surface area contributed by atoms with Gasteiger partial charge in [-0.15, -0.1) is 0 Å². The number of nitrogens with zero attached hydrogens (tertiary/aromatic N) is 2. The Balaban J connectivity index is 2.85. The van der Waals surface area contributed by atoms with Crippen molar-refractivity contribution in [2.24, 2.45) is 7.05 Å². The molecule has 72 valence electrons. The summed E-state index contributed by atoms with van der Waals surface area (Å²) in [5.41, 5.74) is 0. The normalized spacial score (nSPS) is 15.3. The molecule has 0 aliphatic carbocycles. The highest BCUT2D eigenvalue weighted by Crippen LogP contribution is 2.13. The van der Waals surface area contributed by atoms with Crippen LogP contribution >= 0.6 is 0 Å². The number of rotatable bonds is 3. The third kappa shape index (κ3) is 1.85. The molecular weight excluding hydrogens is 176 g/mol. The van der Waals surface area contributed by atoms with Gasteiger partial charge in [0.05, 0.1) is 0 Å². The number of hydrogen-bond donors (Lipinski definition) is 3. The molecule has 3 N–H and O–H groups in total. The van der Waals surface area contributed by atoms with Crippen LogP contribution < -0.4 is 0 Å². The maximum Gasteiger partial charge on any atom is 0.335 e. The molecule has 1 aromatic rings. The fourth-order valence-corrected chi connectivity index (χ4v) is 0.938. The summed E-state index contributed by atoms with van der Waals surface area (Å²) in [5.74, 6) is -1.36. The van der Waals surface area contributed by atoms with Crippen LogP contribution in [0.2, 0.25) is 0 Å². The van der Waals surface area contributed by atoms with E-state index in [1.165, 1.54) is 10.8 Å². The van der Waals surface area contributed by atoms with Crippen LogP contribution in [0.25, 0.3) is 0 Å².